The second-order valence-corrected chi connectivity index (χ2v) is 6.39. The first kappa shape index (κ1) is 18.4. The third kappa shape index (κ3) is 4.63. The summed E-state index contributed by atoms with van der Waals surface area (Å²) >= 11 is 0. The van der Waals surface area contributed by atoms with Gasteiger partial charge in [-0.2, -0.15) is 0 Å². The fraction of sp³-hybridized carbons (Fsp3) is 0.611. The number of aromatic nitrogens is 1. The van der Waals surface area contributed by atoms with E-state index in [1.165, 1.54) is 0 Å². The van der Waals surface area contributed by atoms with Gasteiger partial charge in [-0.3, -0.25) is 4.79 Å². The molecule has 3 heterocycles. The van der Waals surface area contributed by atoms with Crippen molar-refractivity contribution in [3.8, 4) is 5.88 Å². The van der Waals surface area contributed by atoms with Crippen molar-refractivity contribution in [3.05, 3.63) is 23.9 Å². The maximum Gasteiger partial charge on any atom is 0.409 e. The second-order valence-electron chi connectivity index (χ2n) is 6.39. The minimum atomic E-state index is -0.293. The van der Waals surface area contributed by atoms with E-state index in [9.17, 15) is 9.59 Å². The van der Waals surface area contributed by atoms with E-state index in [1.807, 2.05) is 0 Å². The van der Waals surface area contributed by atoms with Crippen LogP contribution in [0.2, 0.25) is 0 Å². The van der Waals surface area contributed by atoms with Gasteiger partial charge >= 0.3 is 6.09 Å². The average molecular weight is 363 g/mol. The van der Waals surface area contributed by atoms with Gasteiger partial charge in [0, 0.05) is 31.7 Å². The Kier molecular flexibility index (Phi) is 6.27. The molecule has 142 valence electrons. The predicted octanol–water partition coefficient (Wildman–Crippen LogP) is 1.60. The molecule has 26 heavy (non-hydrogen) atoms. The van der Waals surface area contributed by atoms with E-state index in [-0.39, 0.29) is 24.1 Å². The zero-order valence-corrected chi connectivity index (χ0v) is 15.0. The molecular formula is C18H25N3O5. The highest BCUT2D eigenvalue weighted by atomic mass is 16.6. The molecule has 2 aliphatic rings. The number of likely N-dealkylation sites (tertiary alicyclic amines) is 1. The Hall–Kier alpha value is -2.35. The molecule has 1 aromatic heterocycles. The maximum absolute atomic E-state index is 12.7. The number of rotatable bonds is 5. The van der Waals surface area contributed by atoms with E-state index < -0.39 is 0 Å². The predicted molar refractivity (Wildman–Crippen MR) is 93.2 cm³/mol. The van der Waals surface area contributed by atoms with Gasteiger partial charge in [0.25, 0.3) is 5.91 Å². The third-order valence-electron chi connectivity index (χ3n) is 4.54. The molecule has 1 N–H and O–H groups in total. The molecule has 0 aliphatic carbocycles. The molecule has 2 fully saturated rings. The van der Waals surface area contributed by atoms with Gasteiger partial charge in [-0.1, -0.05) is 0 Å². The van der Waals surface area contributed by atoms with E-state index >= 15 is 0 Å². The first-order chi connectivity index (χ1) is 12.7. The Morgan fingerprint density at radius 3 is 2.85 bits per heavy atom. The summed E-state index contributed by atoms with van der Waals surface area (Å²) in [4.78, 5) is 30.3. The molecule has 0 spiro atoms. The number of piperidine rings is 1. The van der Waals surface area contributed by atoms with Gasteiger partial charge in [-0.15, -0.1) is 0 Å². The summed E-state index contributed by atoms with van der Waals surface area (Å²) in [5.41, 5.74) is 0.423. The lowest BCUT2D eigenvalue weighted by Crippen LogP contribution is -2.46. The van der Waals surface area contributed by atoms with Gasteiger partial charge in [0.1, 0.15) is 11.7 Å². The number of amides is 2. The second kappa shape index (κ2) is 8.84. The van der Waals surface area contributed by atoms with Crippen molar-refractivity contribution in [2.75, 3.05) is 32.9 Å². The van der Waals surface area contributed by atoms with Crippen LogP contribution < -0.4 is 10.1 Å². The molecule has 1 atom stereocenters. The molecule has 1 unspecified atom stereocenters. The molecule has 2 saturated heterocycles. The number of carbonyl (C=O) groups excluding carboxylic acids is 2. The highest BCUT2D eigenvalue weighted by Gasteiger charge is 2.26. The highest BCUT2D eigenvalue weighted by molar-refractivity contribution is 5.96. The number of hydrogen-bond donors (Lipinski definition) is 1. The summed E-state index contributed by atoms with van der Waals surface area (Å²) in [6.45, 7) is 4.47. The van der Waals surface area contributed by atoms with Crippen LogP contribution in [-0.2, 0) is 9.47 Å². The number of pyridine rings is 1. The van der Waals surface area contributed by atoms with Gasteiger partial charge in [0.2, 0.25) is 5.88 Å². The minimum Gasteiger partial charge on any atom is -0.471 e. The lowest BCUT2D eigenvalue weighted by Gasteiger charge is -2.31. The van der Waals surface area contributed by atoms with Gasteiger partial charge in [0.15, 0.2) is 0 Å². The zero-order chi connectivity index (χ0) is 18.4. The Morgan fingerprint density at radius 2 is 2.15 bits per heavy atom. The molecule has 0 bridgehead atoms. The zero-order valence-electron chi connectivity index (χ0n) is 15.0. The van der Waals surface area contributed by atoms with Crippen molar-refractivity contribution < 1.29 is 23.8 Å². The Balaban J connectivity index is 1.55. The molecule has 2 amide bonds. The topological polar surface area (TPSA) is 90.0 Å². The smallest absolute Gasteiger partial charge is 0.409 e. The summed E-state index contributed by atoms with van der Waals surface area (Å²) in [7, 11) is 0. The van der Waals surface area contributed by atoms with E-state index in [0.717, 1.165) is 6.42 Å². The first-order valence-electron chi connectivity index (χ1n) is 9.09. The van der Waals surface area contributed by atoms with Crippen LogP contribution >= 0.6 is 0 Å². The number of nitrogens with one attached hydrogen (secondary N) is 1. The number of hydrogen-bond acceptors (Lipinski definition) is 6. The molecule has 1 aromatic rings. The van der Waals surface area contributed by atoms with Gasteiger partial charge in [-0.25, -0.2) is 9.78 Å². The monoisotopic (exact) mass is 363 g/mol. The SMILES string of the molecule is CCOC(=O)N1CCC(NC(=O)c2cccnc2OC2CCOC2)CC1. The third-order valence-corrected chi connectivity index (χ3v) is 4.54. The Labute approximate surface area is 152 Å². The summed E-state index contributed by atoms with van der Waals surface area (Å²) in [6.07, 6.45) is 3.43. The van der Waals surface area contributed by atoms with Crippen molar-refractivity contribution in [3.63, 3.8) is 0 Å². The first-order valence-corrected chi connectivity index (χ1v) is 9.09. The van der Waals surface area contributed by atoms with Gasteiger partial charge in [-0.05, 0) is 31.9 Å². The maximum atomic E-state index is 12.7. The van der Waals surface area contributed by atoms with Crippen molar-refractivity contribution in [1.82, 2.24) is 15.2 Å². The summed E-state index contributed by atoms with van der Waals surface area (Å²) in [6, 6.07) is 3.44. The van der Waals surface area contributed by atoms with Crippen LogP contribution in [0.25, 0.3) is 0 Å². The summed E-state index contributed by atoms with van der Waals surface area (Å²) in [5.74, 6) is 0.131. The van der Waals surface area contributed by atoms with E-state index in [2.05, 4.69) is 10.3 Å². The van der Waals surface area contributed by atoms with E-state index in [4.69, 9.17) is 14.2 Å². The highest BCUT2D eigenvalue weighted by Crippen LogP contribution is 2.20. The normalized spacial score (nSPS) is 20.7. The number of nitrogens with zero attached hydrogens (tertiary/aromatic N) is 2. The molecule has 8 nitrogen and oxygen atoms in total. The van der Waals surface area contributed by atoms with Crippen molar-refractivity contribution >= 4 is 12.0 Å². The molecule has 0 aromatic carbocycles. The largest absolute Gasteiger partial charge is 0.471 e. The molecule has 0 saturated carbocycles. The summed E-state index contributed by atoms with van der Waals surface area (Å²) < 4.78 is 16.1. The fourth-order valence-corrected chi connectivity index (χ4v) is 3.11. The minimum absolute atomic E-state index is 0.0102. The van der Waals surface area contributed by atoms with E-state index in [0.29, 0.717) is 57.2 Å². The van der Waals surface area contributed by atoms with Crippen molar-refractivity contribution in [2.24, 2.45) is 0 Å². The average Bonchev–Trinajstić information content (AvgIpc) is 3.16. The quantitative estimate of drug-likeness (QED) is 0.855. The molecule has 8 heteroatoms. The van der Waals surface area contributed by atoms with Crippen LogP contribution in [0.5, 0.6) is 5.88 Å². The Bertz CT molecular complexity index is 625. The van der Waals surface area contributed by atoms with Crippen LogP contribution in [0, 0.1) is 0 Å². The molecular weight excluding hydrogens is 338 g/mol. The van der Waals surface area contributed by atoms with E-state index in [1.54, 1.807) is 30.2 Å². The number of ether oxygens (including phenoxy) is 3. The number of carbonyl (C=O) groups is 2. The Morgan fingerprint density at radius 1 is 1.35 bits per heavy atom. The van der Waals surface area contributed by atoms with Crippen LogP contribution in [0.4, 0.5) is 4.79 Å². The summed E-state index contributed by atoms with van der Waals surface area (Å²) in [5, 5.41) is 3.02. The standard InChI is InChI=1S/C18H25N3O5/c1-2-25-18(23)21-9-5-13(6-10-21)20-16(22)15-4-3-8-19-17(15)26-14-7-11-24-12-14/h3-4,8,13-14H,2,5-7,9-12H2,1H3,(H,20,22). The van der Waals surface area contributed by atoms with Gasteiger partial charge < -0.3 is 24.4 Å². The fourth-order valence-electron chi connectivity index (χ4n) is 3.11. The molecule has 2 aliphatic heterocycles. The molecule has 0 radical (unpaired) electrons. The van der Waals surface area contributed by atoms with Crippen molar-refractivity contribution in [1.29, 1.82) is 0 Å². The van der Waals surface area contributed by atoms with Crippen LogP contribution in [0.3, 0.4) is 0 Å². The van der Waals surface area contributed by atoms with Gasteiger partial charge in [0.05, 0.1) is 19.8 Å². The van der Waals surface area contributed by atoms with Crippen LogP contribution in [0.15, 0.2) is 18.3 Å². The van der Waals surface area contributed by atoms with Crippen LogP contribution in [0.1, 0.15) is 36.5 Å². The molecule has 3 rings (SSSR count). The van der Waals surface area contributed by atoms with Crippen molar-refractivity contribution in [2.45, 2.75) is 38.3 Å². The lowest BCUT2D eigenvalue weighted by atomic mass is 10.0. The van der Waals surface area contributed by atoms with Crippen LogP contribution in [-0.4, -0.2) is 66.9 Å². The lowest BCUT2D eigenvalue weighted by molar-refractivity contribution is 0.0852.